The number of carbonyl (C=O) groups is 1. The van der Waals surface area contributed by atoms with Crippen LogP contribution in [0.3, 0.4) is 0 Å². The quantitative estimate of drug-likeness (QED) is 0.932. The van der Waals surface area contributed by atoms with E-state index in [0.29, 0.717) is 15.9 Å². The monoisotopic (exact) mass is 324 g/mol. The summed E-state index contributed by atoms with van der Waals surface area (Å²) in [7, 11) is 0. The van der Waals surface area contributed by atoms with Crippen LogP contribution >= 0.6 is 11.6 Å². The van der Waals surface area contributed by atoms with E-state index < -0.39 is 11.7 Å². The van der Waals surface area contributed by atoms with E-state index in [9.17, 15) is 9.59 Å². The van der Waals surface area contributed by atoms with Crippen LogP contribution in [0.15, 0.2) is 23.0 Å². The molecular weight excluding hydrogens is 308 g/mol. The van der Waals surface area contributed by atoms with E-state index >= 15 is 0 Å². The van der Waals surface area contributed by atoms with Gasteiger partial charge >= 0.3 is 6.09 Å². The van der Waals surface area contributed by atoms with Crippen LogP contribution in [-0.2, 0) is 11.3 Å². The first-order valence-corrected chi connectivity index (χ1v) is 7.14. The second kappa shape index (κ2) is 6.31. The molecule has 2 aromatic rings. The molecule has 0 fully saturated rings. The van der Waals surface area contributed by atoms with Crippen LogP contribution in [0.4, 0.5) is 4.79 Å². The zero-order valence-corrected chi connectivity index (χ0v) is 13.3. The molecule has 1 heterocycles. The van der Waals surface area contributed by atoms with E-state index in [0.717, 1.165) is 0 Å². The Bertz CT molecular complexity index is 752. The molecule has 0 saturated carbocycles. The maximum atomic E-state index is 12.2. The van der Waals surface area contributed by atoms with Crippen LogP contribution in [0.1, 0.15) is 20.8 Å². The molecule has 0 spiro atoms. The van der Waals surface area contributed by atoms with Gasteiger partial charge in [-0.25, -0.2) is 9.48 Å². The van der Waals surface area contributed by atoms with Gasteiger partial charge in [0.2, 0.25) is 0 Å². The lowest BCUT2D eigenvalue weighted by Gasteiger charge is -2.19. The van der Waals surface area contributed by atoms with Gasteiger partial charge in [0.15, 0.2) is 0 Å². The molecular formula is C14H17ClN4O3. The number of ether oxygens (including phenoxy) is 1. The third-order valence-corrected chi connectivity index (χ3v) is 2.91. The van der Waals surface area contributed by atoms with E-state index in [-0.39, 0.29) is 18.6 Å². The molecule has 8 heteroatoms. The summed E-state index contributed by atoms with van der Waals surface area (Å²) in [5.74, 6) is 0. The molecule has 0 atom stereocenters. The minimum absolute atomic E-state index is 0.188. The van der Waals surface area contributed by atoms with E-state index in [1.165, 1.54) is 4.68 Å². The zero-order valence-electron chi connectivity index (χ0n) is 12.6. The average Bonchev–Trinajstić information content (AvgIpc) is 2.40. The second-order valence-electron chi connectivity index (χ2n) is 5.71. The number of benzene rings is 1. The van der Waals surface area contributed by atoms with Gasteiger partial charge in [0, 0.05) is 11.6 Å². The zero-order chi connectivity index (χ0) is 16.3. The molecule has 7 nitrogen and oxygen atoms in total. The highest BCUT2D eigenvalue weighted by Gasteiger charge is 2.15. The molecule has 0 aliphatic heterocycles. The number of aromatic nitrogens is 3. The molecule has 1 aromatic heterocycles. The van der Waals surface area contributed by atoms with E-state index in [1.54, 1.807) is 39.0 Å². The Kier molecular flexibility index (Phi) is 4.65. The summed E-state index contributed by atoms with van der Waals surface area (Å²) < 4.78 is 6.28. The summed E-state index contributed by atoms with van der Waals surface area (Å²) in [4.78, 5) is 23.8. The van der Waals surface area contributed by atoms with Crippen LogP contribution < -0.4 is 10.9 Å². The largest absolute Gasteiger partial charge is 0.444 e. The van der Waals surface area contributed by atoms with Gasteiger partial charge in [-0.1, -0.05) is 16.8 Å². The van der Waals surface area contributed by atoms with Gasteiger partial charge in [0.25, 0.3) is 5.56 Å². The topological polar surface area (TPSA) is 86.1 Å². The van der Waals surface area contributed by atoms with Gasteiger partial charge in [-0.3, -0.25) is 4.79 Å². The number of halogens is 1. The molecule has 0 saturated heterocycles. The third kappa shape index (κ3) is 4.17. The number of hydrogen-bond acceptors (Lipinski definition) is 5. The Morgan fingerprint density at radius 3 is 2.82 bits per heavy atom. The predicted octanol–water partition coefficient (Wildman–Crippen LogP) is 1.97. The van der Waals surface area contributed by atoms with Crippen molar-refractivity contribution in [3.05, 3.63) is 33.6 Å². The Morgan fingerprint density at radius 2 is 2.14 bits per heavy atom. The summed E-state index contributed by atoms with van der Waals surface area (Å²) in [6.07, 6.45) is -0.544. The number of hydrogen-bond donors (Lipinski definition) is 1. The summed E-state index contributed by atoms with van der Waals surface area (Å²) in [5.41, 5.74) is -0.398. The molecule has 0 aliphatic rings. The average molecular weight is 325 g/mol. The standard InChI is InChI=1S/C14H17ClN4O3/c1-14(2,3)22-13(21)16-6-7-19-12(20)10-8-9(15)4-5-11(10)17-18-19/h4-5,8H,6-7H2,1-3H3,(H,16,21). The minimum Gasteiger partial charge on any atom is -0.444 e. The molecule has 1 aromatic carbocycles. The minimum atomic E-state index is -0.569. The molecule has 0 aliphatic carbocycles. The van der Waals surface area contributed by atoms with Gasteiger partial charge in [-0.05, 0) is 39.0 Å². The van der Waals surface area contributed by atoms with Crippen LogP contribution in [0.25, 0.3) is 10.9 Å². The molecule has 0 bridgehead atoms. The predicted molar refractivity (Wildman–Crippen MR) is 83.0 cm³/mol. The smallest absolute Gasteiger partial charge is 0.407 e. The lowest BCUT2D eigenvalue weighted by atomic mass is 10.2. The number of alkyl carbamates (subject to hydrolysis) is 1. The van der Waals surface area contributed by atoms with Gasteiger partial charge in [-0.15, -0.1) is 5.10 Å². The van der Waals surface area contributed by atoms with E-state index in [1.807, 2.05) is 0 Å². The van der Waals surface area contributed by atoms with Crippen LogP contribution in [0.2, 0.25) is 5.02 Å². The van der Waals surface area contributed by atoms with Crippen molar-refractivity contribution in [1.29, 1.82) is 0 Å². The number of amides is 1. The fourth-order valence-electron chi connectivity index (χ4n) is 1.77. The Morgan fingerprint density at radius 1 is 1.41 bits per heavy atom. The SMILES string of the molecule is CC(C)(C)OC(=O)NCCn1nnc2ccc(Cl)cc2c1=O. The fourth-order valence-corrected chi connectivity index (χ4v) is 1.94. The molecule has 2 rings (SSSR count). The summed E-state index contributed by atoms with van der Waals surface area (Å²) in [5, 5.41) is 11.2. The second-order valence-corrected chi connectivity index (χ2v) is 6.14. The fraction of sp³-hybridized carbons (Fsp3) is 0.429. The van der Waals surface area contributed by atoms with Crippen molar-refractivity contribution < 1.29 is 9.53 Å². The highest BCUT2D eigenvalue weighted by atomic mass is 35.5. The Balaban J connectivity index is 2.05. The van der Waals surface area contributed by atoms with Crippen molar-refractivity contribution in [3.63, 3.8) is 0 Å². The first-order chi connectivity index (χ1) is 10.3. The number of fused-ring (bicyclic) bond motifs is 1. The van der Waals surface area contributed by atoms with Crippen molar-refractivity contribution in [2.24, 2.45) is 0 Å². The van der Waals surface area contributed by atoms with Crippen LogP contribution in [0.5, 0.6) is 0 Å². The third-order valence-electron chi connectivity index (χ3n) is 2.68. The maximum absolute atomic E-state index is 12.2. The van der Waals surface area contributed by atoms with Crippen molar-refractivity contribution in [3.8, 4) is 0 Å². The Hall–Kier alpha value is -2.15. The normalized spacial score (nSPS) is 11.5. The van der Waals surface area contributed by atoms with Crippen molar-refractivity contribution >= 4 is 28.6 Å². The van der Waals surface area contributed by atoms with E-state index in [2.05, 4.69) is 15.6 Å². The highest BCUT2D eigenvalue weighted by Crippen LogP contribution is 2.13. The van der Waals surface area contributed by atoms with Gasteiger partial charge in [0.1, 0.15) is 11.1 Å². The summed E-state index contributed by atoms with van der Waals surface area (Å²) in [6.45, 7) is 5.71. The summed E-state index contributed by atoms with van der Waals surface area (Å²) in [6, 6.07) is 4.83. The van der Waals surface area contributed by atoms with Crippen molar-refractivity contribution in [1.82, 2.24) is 20.3 Å². The number of rotatable bonds is 3. The van der Waals surface area contributed by atoms with Gasteiger partial charge < -0.3 is 10.1 Å². The Labute approximate surface area is 132 Å². The lowest BCUT2D eigenvalue weighted by Crippen LogP contribution is -2.36. The number of nitrogens with one attached hydrogen (secondary N) is 1. The van der Waals surface area contributed by atoms with E-state index in [4.69, 9.17) is 16.3 Å². The first kappa shape index (κ1) is 16.2. The van der Waals surface area contributed by atoms with Gasteiger partial charge in [-0.2, -0.15) is 0 Å². The highest BCUT2D eigenvalue weighted by molar-refractivity contribution is 6.31. The lowest BCUT2D eigenvalue weighted by molar-refractivity contribution is 0.0525. The first-order valence-electron chi connectivity index (χ1n) is 6.76. The molecule has 118 valence electrons. The molecule has 0 radical (unpaired) electrons. The molecule has 1 N–H and O–H groups in total. The van der Waals surface area contributed by atoms with Crippen LogP contribution in [0, 0.1) is 0 Å². The van der Waals surface area contributed by atoms with Crippen molar-refractivity contribution in [2.75, 3.05) is 6.54 Å². The van der Waals surface area contributed by atoms with Crippen molar-refractivity contribution in [2.45, 2.75) is 32.9 Å². The maximum Gasteiger partial charge on any atom is 0.407 e. The number of nitrogens with zero attached hydrogens (tertiary/aromatic N) is 3. The molecule has 1 amide bonds. The summed E-state index contributed by atoms with van der Waals surface area (Å²) >= 11 is 5.88. The van der Waals surface area contributed by atoms with Crippen LogP contribution in [-0.4, -0.2) is 33.2 Å². The van der Waals surface area contributed by atoms with Gasteiger partial charge in [0.05, 0.1) is 11.9 Å². The molecule has 22 heavy (non-hydrogen) atoms. The molecule has 0 unspecified atom stereocenters. The number of carbonyl (C=O) groups excluding carboxylic acids is 1.